The van der Waals surface area contributed by atoms with E-state index in [1.165, 1.54) is 10.4 Å². The number of aryl methyl sites for hydroxylation is 1. The fraction of sp³-hybridized carbons (Fsp3) is 0.562. The van der Waals surface area contributed by atoms with E-state index in [2.05, 4.69) is 25.8 Å². The molecule has 6 nitrogen and oxygen atoms in total. The van der Waals surface area contributed by atoms with Crippen LogP contribution in [0.5, 0.6) is 0 Å². The molecule has 0 unspecified atom stereocenters. The first-order valence-corrected chi connectivity index (χ1v) is 9.09. The number of rotatable bonds is 3. The van der Waals surface area contributed by atoms with Crippen LogP contribution in [0, 0.1) is 5.92 Å². The monoisotopic (exact) mass is 331 g/mol. The van der Waals surface area contributed by atoms with Crippen molar-refractivity contribution in [2.45, 2.75) is 38.0 Å². The zero-order valence-corrected chi connectivity index (χ0v) is 13.8. The molecule has 1 atom stereocenters. The summed E-state index contributed by atoms with van der Waals surface area (Å²) in [4.78, 5) is 18.2. The van der Waals surface area contributed by atoms with Crippen molar-refractivity contribution in [3.05, 3.63) is 28.5 Å². The number of anilines is 1. The van der Waals surface area contributed by atoms with Crippen LogP contribution in [-0.2, 0) is 17.6 Å². The maximum absolute atomic E-state index is 12.5. The van der Waals surface area contributed by atoms with Crippen LogP contribution in [0.1, 0.15) is 41.3 Å². The van der Waals surface area contributed by atoms with Crippen molar-refractivity contribution in [2.75, 3.05) is 18.4 Å². The van der Waals surface area contributed by atoms with E-state index >= 15 is 0 Å². The van der Waals surface area contributed by atoms with Crippen molar-refractivity contribution in [1.29, 1.82) is 0 Å². The van der Waals surface area contributed by atoms with E-state index in [4.69, 9.17) is 0 Å². The van der Waals surface area contributed by atoms with E-state index in [9.17, 15) is 4.79 Å². The van der Waals surface area contributed by atoms with E-state index in [1.54, 1.807) is 11.3 Å². The van der Waals surface area contributed by atoms with Gasteiger partial charge in [-0.15, -0.1) is 11.3 Å². The number of carbonyl (C=O) groups is 1. The Labute approximate surface area is 139 Å². The Balaban J connectivity index is 1.38. The molecule has 3 heterocycles. The summed E-state index contributed by atoms with van der Waals surface area (Å²) in [7, 11) is 0. The predicted octanol–water partition coefficient (Wildman–Crippen LogP) is 2.08. The molecule has 1 aliphatic heterocycles. The zero-order chi connectivity index (χ0) is 15.6. The second-order valence-corrected chi connectivity index (χ2v) is 7.46. The van der Waals surface area contributed by atoms with Crippen LogP contribution in [0.3, 0.4) is 0 Å². The topological polar surface area (TPSA) is 82.7 Å². The standard InChI is InChI=1S/C16H21N5OS/c22-15(11-1-2-12-8-19-21-13(12)7-11)20-16-18-9-14(23-16)10-3-5-17-6-4-10/h8-11,17H,1-7H2,(H,19,21)(H,18,20,22)/t11-/m0/s1. The van der Waals surface area contributed by atoms with Gasteiger partial charge in [-0.3, -0.25) is 9.89 Å². The quantitative estimate of drug-likeness (QED) is 0.804. The molecule has 2 aromatic heterocycles. The molecular weight excluding hydrogens is 310 g/mol. The Hall–Kier alpha value is -1.73. The van der Waals surface area contributed by atoms with Crippen molar-refractivity contribution in [3.8, 4) is 0 Å². The number of carbonyl (C=O) groups excluding carboxylic acids is 1. The van der Waals surface area contributed by atoms with Gasteiger partial charge in [0, 0.05) is 29.1 Å². The summed E-state index contributed by atoms with van der Waals surface area (Å²) >= 11 is 1.63. The predicted molar refractivity (Wildman–Crippen MR) is 89.7 cm³/mol. The van der Waals surface area contributed by atoms with E-state index in [1.807, 2.05) is 12.4 Å². The molecule has 2 aromatic rings. The molecule has 3 N–H and O–H groups in total. The van der Waals surface area contributed by atoms with Gasteiger partial charge in [-0.1, -0.05) is 0 Å². The Morgan fingerprint density at radius 1 is 1.26 bits per heavy atom. The average molecular weight is 331 g/mol. The number of aromatic amines is 1. The van der Waals surface area contributed by atoms with Gasteiger partial charge in [0.25, 0.3) is 0 Å². The molecule has 0 bridgehead atoms. The number of piperidine rings is 1. The molecule has 0 saturated carbocycles. The minimum absolute atomic E-state index is 0.00850. The summed E-state index contributed by atoms with van der Waals surface area (Å²) in [5, 5.41) is 14.2. The van der Waals surface area contributed by atoms with Gasteiger partial charge in [-0.25, -0.2) is 4.98 Å². The lowest BCUT2D eigenvalue weighted by Gasteiger charge is -2.21. The molecule has 122 valence electrons. The SMILES string of the molecule is O=C(Nc1ncc(C2CCNCC2)s1)[C@H]1CCc2cn[nH]c2C1. The second kappa shape index (κ2) is 6.41. The number of hydrogen-bond donors (Lipinski definition) is 3. The van der Waals surface area contributed by atoms with Crippen molar-refractivity contribution in [3.63, 3.8) is 0 Å². The third kappa shape index (κ3) is 3.16. The third-order valence-electron chi connectivity index (χ3n) is 4.89. The average Bonchev–Trinajstić information content (AvgIpc) is 3.24. The maximum Gasteiger partial charge on any atom is 0.229 e. The zero-order valence-electron chi connectivity index (χ0n) is 13.0. The fourth-order valence-electron chi connectivity index (χ4n) is 3.48. The van der Waals surface area contributed by atoms with Gasteiger partial charge in [0.05, 0.1) is 6.20 Å². The van der Waals surface area contributed by atoms with Gasteiger partial charge in [-0.2, -0.15) is 5.10 Å². The molecule has 4 rings (SSSR count). The Kier molecular flexibility index (Phi) is 4.13. The van der Waals surface area contributed by atoms with E-state index < -0.39 is 0 Å². The molecule has 0 radical (unpaired) electrons. The number of thiazole rings is 1. The van der Waals surface area contributed by atoms with Crippen molar-refractivity contribution >= 4 is 22.4 Å². The lowest BCUT2D eigenvalue weighted by atomic mass is 9.87. The van der Waals surface area contributed by atoms with Crippen molar-refractivity contribution < 1.29 is 4.79 Å². The van der Waals surface area contributed by atoms with Crippen LogP contribution in [0.2, 0.25) is 0 Å². The maximum atomic E-state index is 12.5. The number of nitrogens with one attached hydrogen (secondary N) is 3. The molecule has 1 amide bonds. The molecule has 1 fully saturated rings. The minimum Gasteiger partial charge on any atom is -0.317 e. The second-order valence-electron chi connectivity index (χ2n) is 6.39. The number of H-pyrrole nitrogens is 1. The molecule has 7 heteroatoms. The van der Waals surface area contributed by atoms with Crippen molar-refractivity contribution in [2.24, 2.45) is 5.92 Å². The summed E-state index contributed by atoms with van der Waals surface area (Å²) in [5.74, 6) is 0.673. The van der Waals surface area contributed by atoms with Crippen LogP contribution in [-0.4, -0.2) is 34.2 Å². The van der Waals surface area contributed by atoms with Crippen LogP contribution in [0.15, 0.2) is 12.4 Å². The minimum atomic E-state index is 0.00850. The first kappa shape index (κ1) is 14.8. The highest BCUT2D eigenvalue weighted by Crippen LogP contribution is 2.32. The molecule has 2 aliphatic rings. The molecule has 23 heavy (non-hydrogen) atoms. The summed E-state index contributed by atoms with van der Waals surface area (Å²) in [6.45, 7) is 2.14. The highest BCUT2D eigenvalue weighted by molar-refractivity contribution is 7.15. The number of nitrogens with zero attached hydrogens (tertiary/aromatic N) is 2. The Morgan fingerprint density at radius 2 is 2.13 bits per heavy atom. The van der Waals surface area contributed by atoms with E-state index in [0.717, 1.165) is 56.0 Å². The van der Waals surface area contributed by atoms with Crippen LogP contribution >= 0.6 is 11.3 Å². The number of aromatic nitrogens is 3. The third-order valence-corrected chi connectivity index (χ3v) is 5.96. The summed E-state index contributed by atoms with van der Waals surface area (Å²) in [5.41, 5.74) is 2.35. The first-order chi connectivity index (χ1) is 11.3. The van der Waals surface area contributed by atoms with Gasteiger partial charge in [-0.05, 0) is 50.3 Å². The Bertz CT molecular complexity index is 688. The van der Waals surface area contributed by atoms with E-state index in [0.29, 0.717) is 5.92 Å². The van der Waals surface area contributed by atoms with Gasteiger partial charge < -0.3 is 10.6 Å². The first-order valence-electron chi connectivity index (χ1n) is 8.28. The van der Waals surface area contributed by atoms with Crippen LogP contribution < -0.4 is 10.6 Å². The highest BCUT2D eigenvalue weighted by Gasteiger charge is 2.27. The Morgan fingerprint density at radius 3 is 3.00 bits per heavy atom. The van der Waals surface area contributed by atoms with Crippen molar-refractivity contribution in [1.82, 2.24) is 20.5 Å². The molecule has 0 aromatic carbocycles. The lowest BCUT2D eigenvalue weighted by molar-refractivity contribution is -0.120. The molecule has 0 spiro atoms. The number of hydrogen-bond acceptors (Lipinski definition) is 5. The van der Waals surface area contributed by atoms with E-state index in [-0.39, 0.29) is 11.8 Å². The van der Waals surface area contributed by atoms with Gasteiger partial charge in [0.2, 0.25) is 5.91 Å². The fourth-order valence-corrected chi connectivity index (χ4v) is 4.47. The molecule has 1 saturated heterocycles. The number of amides is 1. The normalized spacial score (nSPS) is 21.8. The molecular formula is C16H21N5OS. The van der Waals surface area contributed by atoms with Gasteiger partial charge in [0.15, 0.2) is 5.13 Å². The largest absolute Gasteiger partial charge is 0.317 e. The smallest absolute Gasteiger partial charge is 0.229 e. The summed E-state index contributed by atoms with van der Waals surface area (Å²) < 4.78 is 0. The van der Waals surface area contributed by atoms with Gasteiger partial charge >= 0.3 is 0 Å². The summed E-state index contributed by atoms with van der Waals surface area (Å²) in [6.07, 6.45) is 8.65. The molecule has 1 aliphatic carbocycles. The van der Waals surface area contributed by atoms with Crippen LogP contribution in [0.25, 0.3) is 0 Å². The van der Waals surface area contributed by atoms with Crippen LogP contribution in [0.4, 0.5) is 5.13 Å². The highest BCUT2D eigenvalue weighted by atomic mass is 32.1. The van der Waals surface area contributed by atoms with Gasteiger partial charge in [0.1, 0.15) is 0 Å². The number of fused-ring (bicyclic) bond motifs is 1. The summed E-state index contributed by atoms with van der Waals surface area (Å²) in [6, 6.07) is 0. The lowest BCUT2D eigenvalue weighted by Crippen LogP contribution is -2.28.